The van der Waals surface area contributed by atoms with E-state index in [9.17, 15) is 18.4 Å². The van der Waals surface area contributed by atoms with Gasteiger partial charge in [0.1, 0.15) is 11.6 Å². The second-order valence-electron chi connectivity index (χ2n) is 5.77. The molecule has 0 bridgehead atoms. The first-order chi connectivity index (χ1) is 12.4. The maximum atomic E-state index is 12.7. The molecule has 1 aliphatic rings. The lowest BCUT2D eigenvalue weighted by Crippen LogP contribution is -2.42. The van der Waals surface area contributed by atoms with E-state index in [-0.39, 0.29) is 12.0 Å². The minimum atomic E-state index is -2.58. The second-order valence-corrected chi connectivity index (χ2v) is 5.77. The molecule has 9 heteroatoms. The molecule has 1 aromatic carbocycles. The van der Waals surface area contributed by atoms with Gasteiger partial charge in [0.25, 0.3) is 12.3 Å². The summed E-state index contributed by atoms with van der Waals surface area (Å²) in [5.41, 5.74) is 1.25. The molecule has 0 aliphatic carbocycles. The van der Waals surface area contributed by atoms with Crippen LogP contribution in [0.1, 0.15) is 24.0 Å². The van der Waals surface area contributed by atoms with E-state index in [2.05, 4.69) is 10.2 Å². The van der Waals surface area contributed by atoms with Gasteiger partial charge < -0.3 is 4.74 Å². The van der Waals surface area contributed by atoms with Crippen molar-refractivity contribution >= 4 is 23.3 Å². The molecule has 0 saturated carbocycles. The maximum absolute atomic E-state index is 12.7. The summed E-state index contributed by atoms with van der Waals surface area (Å²) >= 11 is 0. The third-order valence-corrected chi connectivity index (χ3v) is 4.04. The molecule has 0 saturated heterocycles. The molecule has 7 nitrogen and oxygen atoms in total. The van der Waals surface area contributed by atoms with Gasteiger partial charge in [0, 0.05) is 19.0 Å². The van der Waals surface area contributed by atoms with Crippen LogP contribution in [0.4, 0.5) is 14.5 Å². The number of alkyl halides is 2. The summed E-state index contributed by atoms with van der Waals surface area (Å²) in [5.74, 6) is -2.28. The predicted octanol–water partition coefficient (Wildman–Crippen LogP) is 2.29. The highest BCUT2D eigenvalue weighted by molar-refractivity contribution is 6.15. The summed E-state index contributed by atoms with van der Waals surface area (Å²) in [5, 5.41) is 9.40. The van der Waals surface area contributed by atoms with Crippen molar-refractivity contribution in [2.45, 2.75) is 12.8 Å². The molecule has 0 radical (unpaired) electrons. The molecule has 0 N–H and O–H groups in total. The van der Waals surface area contributed by atoms with Crippen LogP contribution in [0.2, 0.25) is 0 Å². The molecule has 1 aliphatic heterocycles. The van der Waals surface area contributed by atoms with E-state index in [1.54, 1.807) is 13.2 Å². The van der Waals surface area contributed by atoms with E-state index in [0.717, 1.165) is 5.01 Å². The maximum Gasteiger partial charge on any atom is 0.318 e. The average molecular weight is 362 g/mol. The van der Waals surface area contributed by atoms with Crippen molar-refractivity contribution < 1.29 is 23.1 Å². The Morgan fingerprint density at radius 3 is 2.54 bits per heavy atom. The fourth-order valence-corrected chi connectivity index (χ4v) is 2.66. The first-order valence-electron chi connectivity index (χ1n) is 7.77. The number of benzene rings is 1. The molecule has 2 aromatic rings. The van der Waals surface area contributed by atoms with E-state index >= 15 is 0 Å². The molecular weight excluding hydrogens is 346 g/mol. The number of hydrogen-bond donors (Lipinski definition) is 0. The Balaban J connectivity index is 2.01. The topological polar surface area (TPSA) is 76.8 Å². The molecule has 0 fully saturated rings. The molecule has 2 heterocycles. The van der Waals surface area contributed by atoms with Gasteiger partial charge in [0.15, 0.2) is 0 Å². The summed E-state index contributed by atoms with van der Waals surface area (Å²) < 4.78 is 31.7. The molecule has 3 rings (SSSR count). The van der Waals surface area contributed by atoms with Crippen molar-refractivity contribution in [3.8, 4) is 0 Å². The van der Waals surface area contributed by atoms with Crippen LogP contribution in [-0.4, -0.2) is 34.5 Å². The summed E-state index contributed by atoms with van der Waals surface area (Å²) in [4.78, 5) is 24.7. The number of methoxy groups -OCH3 is 1. The summed E-state index contributed by atoms with van der Waals surface area (Å²) in [6.07, 6.45) is 0.474. The van der Waals surface area contributed by atoms with E-state index in [0.29, 0.717) is 17.0 Å². The second kappa shape index (κ2) is 7.03. The van der Waals surface area contributed by atoms with Crippen molar-refractivity contribution in [2.24, 2.45) is 18.1 Å². The number of aryl methyl sites for hydroxylation is 1. The molecule has 1 atom stereocenters. The quantitative estimate of drug-likeness (QED) is 0.618. The first-order valence-corrected chi connectivity index (χ1v) is 7.77. The highest BCUT2D eigenvalue weighted by Crippen LogP contribution is 2.27. The minimum Gasteiger partial charge on any atom is -0.468 e. The number of carbonyl (C=O) groups excluding carboxylic acids is 2. The third kappa shape index (κ3) is 3.32. The number of anilines is 1. The number of esters is 1. The van der Waals surface area contributed by atoms with Gasteiger partial charge in [-0.15, -0.1) is 0 Å². The van der Waals surface area contributed by atoms with Gasteiger partial charge in [0.05, 0.1) is 25.2 Å². The predicted molar refractivity (Wildman–Crippen MR) is 88.8 cm³/mol. The zero-order valence-electron chi connectivity index (χ0n) is 14.1. The van der Waals surface area contributed by atoms with E-state index in [1.165, 1.54) is 42.3 Å². The highest BCUT2D eigenvalue weighted by Gasteiger charge is 2.38. The number of aromatic nitrogens is 2. The van der Waals surface area contributed by atoms with Crippen LogP contribution in [0.5, 0.6) is 0 Å². The first kappa shape index (κ1) is 17.7. The lowest BCUT2D eigenvalue weighted by molar-refractivity contribution is -0.149. The zero-order valence-corrected chi connectivity index (χ0v) is 14.1. The number of amides is 1. The lowest BCUT2D eigenvalue weighted by Gasteiger charge is -2.27. The highest BCUT2D eigenvalue weighted by atomic mass is 19.3. The van der Waals surface area contributed by atoms with Crippen molar-refractivity contribution in [1.29, 1.82) is 0 Å². The molecule has 136 valence electrons. The minimum absolute atomic E-state index is 0.0241. The monoisotopic (exact) mass is 362 g/mol. The van der Waals surface area contributed by atoms with E-state index in [4.69, 9.17) is 4.74 Å². The van der Waals surface area contributed by atoms with Crippen LogP contribution in [-0.2, 0) is 21.4 Å². The number of halogens is 2. The van der Waals surface area contributed by atoms with Gasteiger partial charge in [-0.3, -0.25) is 14.3 Å². The molecule has 1 amide bonds. The largest absolute Gasteiger partial charge is 0.468 e. The number of carbonyl (C=O) groups is 2. The smallest absolute Gasteiger partial charge is 0.318 e. The Labute approximate surface area is 147 Å². The van der Waals surface area contributed by atoms with Crippen LogP contribution in [0, 0.1) is 5.92 Å². The summed E-state index contributed by atoms with van der Waals surface area (Å²) in [6, 6.07) is 5.57. The molecule has 0 spiro atoms. The Morgan fingerprint density at radius 2 is 2.00 bits per heavy atom. The van der Waals surface area contributed by atoms with Crippen LogP contribution in [0.25, 0.3) is 0 Å². The average Bonchev–Trinajstić information content (AvgIpc) is 3.07. The van der Waals surface area contributed by atoms with Crippen LogP contribution in [0.3, 0.4) is 0 Å². The van der Waals surface area contributed by atoms with Gasteiger partial charge in [-0.2, -0.15) is 15.2 Å². The van der Waals surface area contributed by atoms with Crippen LogP contribution >= 0.6 is 0 Å². The summed E-state index contributed by atoms with van der Waals surface area (Å²) in [6.45, 7) is 0. The number of ether oxygens (including phenoxy) is 1. The Hall–Kier alpha value is -3.10. The molecule has 1 unspecified atom stereocenters. The van der Waals surface area contributed by atoms with Gasteiger partial charge in [-0.1, -0.05) is 24.3 Å². The Bertz CT molecular complexity index is 861. The molecule has 1 aromatic heterocycles. The van der Waals surface area contributed by atoms with Crippen molar-refractivity contribution in [2.75, 3.05) is 12.1 Å². The fraction of sp³-hybridized carbons (Fsp3) is 0.294. The van der Waals surface area contributed by atoms with E-state index < -0.39 is 24.2 Å². The van der Waals surface area contributed by atoms with Gasteiger partial charge >= 0.3 is 5.97 Å². The van der Waals surface area contributed by atoms with Gasteiger partial charge in [0.2, 0.25) is 0 Å². The van der Waals surface area contributed by atoms with Gasteiger partial charge in [-0.25, -0.2) is 8.78 Å². The number of nitrogens with zero attached hydrogens (tertiary/aromatic N) is 4. The lowest BCUT2D eigenvalue weighted by atomic mass is 9.94. The number of hydrazone groups is 1. The van der Waals surface area contributed by atoms with Crippen LogP contribution < -0.4 is 5.01 Å². The molecule has 26 heavy (non-hydrogen) atoms. The fourth-order valence-electron chi connectivity index (χ4n) is 2.66. The van der Waals surface area contributed by atoms with Crippen LogP contribution in [0.15, 0.2) is 41.8 Å². The third-order valence-electron chi connectivity index (χ3n) is 4.04. The Morgan fingerprint density at radius 1 is 1.31 bits per heavy atom. The summed E-state index contributed by atoms with van der Waals surface area (Å²) in [7, 11) is 2.89. The normalized spacial score (nSPS) is 17.4. The van der Waals surface area contributed by atoms with E-state index in [1.807, 2.05) is 0 Å². The van der Waals surface area contributed by atoms with Crippen molar-refractivity contribution in [1.82, 2.24) is 9.78 Å². The van der Waals surface area contributed by atoms with Gasteiger partial charge in [-0.05, 0) is 5.56 Å². The number of rotatable bonds is 4. The Kier molecular flexibility index (Phi) is 4.79. The molecular formula is C17H16F2N4O3. The number of hydrogen-bond acceptors (Lipinski definition) is 5. The zero-order chi connectivity index (χ0) is 18.8. The SMILES string of the molecule is COC(=O)C1CC(c2ccc(C(F)F)cc2)=NN(c2cnn(C)c2)C1=O. The van der Waals surface area contributed by atoms with Crippen molar-refractivity contribution in [3.05, 3.63) is 47.8 Å². The standard InChI is InChI=1S/C17H16F2N4O3/c1-22-9-12(8-20-22)23-16(24)13(17(25)26-2)7-14(21-23)10-3-5-11(6-4-10)15(18)19/h3-6,8-9,13,15H,7H2,1-2H3. The van der Waals surface area contributed by atoms with Crippen molar-refractivity contribution in [3.63, 3.8) is 0 Å².